The number of aromatic nitrogens is 1. The Balaban J connectivity index is 2.86. The summed E-state index contributed by atoms with van der Waals surface area (Å²) in [6.07, 6.45) is 0. The van der Waals surface area contributed by atoms with Gasteiger partial charge in [0, 0.05) is 37.0 Å². The van der Waals surface area contributed by atoms with Gasteiger partial charge in [-0.25, -0.2) is 4.98 Å². The first-order valence-electron chi connectivity index (χ1n) is 6.78. The third-order valence-corrected chi connectivity index (χ3v) is 2.87. The molecule has 1 rings (SSSR count). The summed E-state index contributed by atoms with van der Waals surface area (Å²) >= 11 is 0. The Labute approximate surface area is 117 Å². The van der Waals surface area contributed by atoms with E-state index in [1.807, 2.05) is 6.92 Å². The van der Waals surface area contributed by atoms with Crippen LogP contribution in [0.5, 0.6) is 0 Å². The molecule has 0 aliphatic heterocycles. The lowest BCUT2D eigenvalue weighted by atomic mass is 10.1. The van der Waals surface area contributed by atoms with Crippen LogP contribution >= 0.6 is 0 Å². The number of pyridine rings is 1. The molecule has 4 heteroatoms. The lowest BCUT2D eigenvalue weighted by Gasteiger charge is -2.23. The van der Waals surface area contributed by atoms with E-state index < -0.39 is 0 Å². The number of methoxy groups -OCH3 is 1. The number of hydrogen-bond acceptors (Lipinski definition) is 4. The molecule has 0 radical (unpaired) electrons. The maximum Gasteiger partial charge on any atom is 0.131 e. The van der Waals surface area contributed by atoms with Gasteiger partial charge in [0.2, 0.25) is 0 Å². The molecule has 0 amide bonds. The van der Waals surface area contributed by atoms with Crippen LogP contribution < -0.4 is 10.6 Å². The molecule has 0 atom stereocenters. The first-order valence-corrected chi connectivity index (χ1v) is 6.78. The van der Waals surface area contributed by atoms with Crippen molar-refractivity contribution >= 4 is 5.82 Å². The zero-order valence-corrected chi connectivity index (χ0v) is 13.1. The van der Waals surface area contributed by atoms with E-state index in [0.717, 1.165) is 24.6 Å². The lowest BCUT2D eigenvalue weighted by Crippen LogP contribution is -2.35. The van der Waals surface area contributed by atoms with Crippen molar-refractivity contribution in [3.05, 3.63) is 22.9 Å². The molecular weight excluding hydrogens is 238 g/mol. The van der Waals surface area contributed by atoms with Crippen molar-refractivity contribution in [2.45, 2.75) is 46.7 Å². The number of nitrogens with one attached hydrogen (secondary N) is 2. The van der Waals surface area contributed by atoms with Crippen LogP contribution in [-0.2, 0) is 11.3 Å². The van der Waals surface area contributed by atoms with Crippen LogP contribution in [0.4, 0.5) is 5.82 Å². The average Bonchev–Trinajstić information content (AvgIpc) is 2.26. The molecule has 108 valence electrons. The van der Waals surface area contributed by atoms with Crippen molar-refractivity contribution in [3.8, 4) is 0 Å². The fourth-order valence-electron chi connectivity index (χ4n) is 1.86. The number of rotatable bonds is 6. The molecule has 4 nitrogen and oxygen atoms in total. The van der Waals surface area contributed by atoms with Gasteiger partial charge in [-0.1, -0.05) is 0 Å². The van der Waals surface area contributed by atoms with Gasteiger partial charge in [-0.3, -0.25) is 0 Å². The van der Waals surface area contributed by atoms with Crippen LogP contribution in [0, 0.1) is 13.8 Å². The highest BCUT2D eigenvalue weighted by molar-refractivity contribution is 5.49. The zero-order chi connectivity index (χ0) is 14.5. The lowest BCUT2D eigenvalue weighted by molar-refractivity contribution is 0.210. The predicted octanol–water partition coefficient (Wildman–Crippen LogP) is 2.64. The topological polar surface area (TPSA) is 46.2 Å². The summed E-state index contributed by atoms with van der Waals surface area (Å²) in [5, 5.41) is 6.87. The zero-order valence-electron chi connectivity index (χ0n) is 13.1. The molecule has 0 aliphatic carbocycles. The van der Waals surface area contributed by atoms with Crippen LogP contribution in [0.1, 0.15) is 37.6 Å². The second-order valence-corrected chi connectivity index (χ2v) is 5.93. The Morgan fingerprint density at radius 2 is 1.95 bits per heavy atom. The molecule has 0 fully saturated rings. The second-order valence-electron chi connectivity index (χ2n) is 5.93. The van der Waals surface area contributed by atoms with Crippen molar-refractivity contribution in [1.82, 2.24) is 10.3 Å². The summed E-state index contributed by atoms with van der Waals surface area (Å²) in [4.78, 5) is 4.60. The fourth-order valence-corrected chi connectivity index (χ4v) is 1.86. The maximum atomic E-state index is 5.07. The van der Waals surface area contributed by atoms with E-state index in [-0.39, 0.29) is 5.54 Å². The summed E-state index contributed by atoms with van der Waals surface area (Å²) in [6.45, 7) is 12.9. The van der Waals surface area contributed by atoms with Crippen LogP contribution in [0.15, 0.2) is 6.07 Å². The second kappa shape index (κ2) is 6.87. The van der Waals surface area contributed by atoms with Crippen LogP contribution in [0.3, 0.4) is 0 Å². The summed E-state index contributed by atoms with van der Waals surface area (Å²) in [5.41, 5.74) is 3.64. The molecule has 1 aromatic heterocycles. The minimum absolute atomic E-state index is 0.0983. The van der Waals surface area contributed by atoms with Crippen molar-refractivity contribution < 1.29 is 4.74 Å². The number of anilines is 1. The van der Waals surface area contributed by atoms with Crippen LogP contribution in [-0.4, -0.2) is 30.8 Å². The van der Waals surface area contributed by atoms with Crippen molar-refractivity contribution in [2.75, 3.05) is 25.6 Å². The highest BCUT2D eigenvalue weighted by Gasteiger charge is 2.13. The third kappa shape index (κ3) is 5.57. The van der Waals surface area contributed by atoms with Crippen molar-refractivity contribution in [3.63, 3.8) is 0 Å². The fraction of sp³-hybridized carbons (Fsp3) is 0.667. The van der Waals surface area contributed by atoms with Gasteiger partial charge in [-0.05, 0) is 46.2 Å². The summed E-state index contributed by atoms with van der Waals surface area (Å²) in [6, 6.07) is 2.13. The molecular formula is C15H27N3O. The van der Waals surface area contributed by atoms with Gasteiger partial charge in [0.05, 0.1) is 6.61 Å². The van der Waals surface area contributed by atoms with Gasteiger partial charge in [0.25, 0.3) is 0 Å². The largest absolute Gasteiger partial charge is 0.383 e. The van der Waals surface area contributed by atoms with Crippen LogP contribution in [0.25, 0.3) is 0 Å². The number of nitrogens with zero attached hydrogens (tertiary/aromatic N) is 1. The van der Waals surface area contributed by atoms with Crippen molar-refractivity contribution in [2.24, 2.45) is 0 Å². The standard InChI is InChI=1S/C15H27N3O/c1-11-9-12(2)18-14(16-7-8-19-6)13(11)10-17-15(3,4)5/h9,17H,7-8,10H2,1-6H3,(H,16,18). The Morgan fingerprint density at radius 1 is 1.26 bits per heavy atom. The van der Waals surface area contributed by atoms with E-state index in [2.05, 4.69) is 49.4 Å². The molecule has 19 heavy (non-hydrogen) atoms. The number of hydrogen-bond donors (Lipinski definition) is 2. The number of ether oxygens (including phenoxy) is 1. The molecule has 1 heterocycles. The minimum atomic E-state index is 0.0983. The normalized spacial score (nSPS) is 11.7. The molecule has 2 N–H and O–H groups in total. The van der Waals surface area contributed by atoms with Gasteiger partial charge >= 0.3 is 0 Å². The van der Waals surface area contributed by atoms with Gasteiger partial charge in [0.15, 0.2) is 0 Å². The highest BCUT2D eigenvalue weighted by atomic mass is 16.5. The molecule has 0 spiro atoms. The monoisotopic (exact) mass is 265 g/mol. The van der Waals surface area contributed by atoms with Gasteiger partial charge in [-0.2, -0.15) is 0 Å². The first kappa shape index (κ1) is 15.9. The summed E-state index contributed by atoms with van der Waals surface area (Å²) in [7, 11) is 1.71. The Hall–Kier alpha value is -1.13. The van der Waals surface area contributed by atoms with E-state index in [9.17, 15) is 0 Å². The van der Waals surface area contributed by atoms with E-state index >= 15 is 0 Å². The molecule has 0 saturated heterocycles. The molecule has 1 aromatic rings. The van der Waals surface area contributed by atoms with Crippen LogP contribution in [0.2, 0.25) is 0 Å². The van der Waals surface area contributed by atoms with E-state index in [0.29, 0.717) is 6.61 Å². The maximum absolute atomic E-state index is 5.07. The van der Waals surface area contributed by atoms with E-state index in [4.69, 9.17) is 4.74 Å². The molecule has 0 saturated carbocycles. The predicted molar refractivity (Wildman–Crippen MR) is 80.7 cm³/mol. The molecule has 0 aromatic carbocycles. The number of aryl methyl sites for hydroxylation is 2. The first-order chi connectivity index (χ1) is 8.83. The summed E-state index contributed by atoms with van der Waals surface area (Å²) in [5.74, 6) is 0.964. The van der Waals surface area contributed by atoms with Gasteiger partial charge < -0.3 is 15.4 Å². The van der Waals surface area contributed by atoms with E-state index in [1.54, 1.807) is 7.11 Å². The van der Waals surface area contributed by atoms with Gasteiger partial charge in [0.1, 0.15) is 5.82 Å². The molecule has 0 unspecified atom stereocenters. The highest BCUT2D eigenvalue weighted by Crippen LogP contribution is 2.19. The molecule has 0 aliphatic rings. The van der Waals surface area contributed by atoms with Crippen molar-refractivity contribution in [1.29, 1.82) is 0 Å². The van der Waals surface area contributed by atoms with E-state index in [1.165, 1.54) is 11.1 Å². The third-order valence-electron chi connectivity index (χ3n) is 2.87. The Morgan fingerprint density at radius 3 is 2.53 bits per heavy atom. The quantitative estimate of drug-likeness (QED) is 0.776. The Bertz CT molecular complexity index is 411. The molecule has 0 bridgehead atoms. The average molecular weight is 265 g/mol. The minimum Gasteiger partial charge on any atom is -0.383 e. The smallest absolute Gasteiger partial charge is 0.131 e. The van der Waals surface area contributed by atoms with Gasteiger partial charge in [-0.15, -0.1) is 0 Å². The SMILES string of the molecule is COCCNc1nc(C)cc(C)c1CNC(C)(C)C. The Kier molecular flexibility index (Phi) is 5.76. The summed E-state index contributed by atoms with van der Waals surface area (Å²) < 4.78 is 5.07.